The molecule has 0 radical (unpaired) electrons. The summed E-state index contributed by atoms with van der Waals surface area (Å²) in [4.78, 5) is 16.3. The first-order valence-corrected chi connectivity index (χ1v) is 5.96. The van der Waals surface area contributed by atoms with Gasteiger partial charge in [0.1, 0.15) is 0 Å². The maximum atomic E-state index is 12.2. The van der Waals surface area contributed by atoms with Gasteiger partial charge in [-0.3, -0.25) is 9.78 Å². The molecule has 1 aromatic heterocycles. The Morgan fingerprint density at radius 1 is 1.38 bits per heavy atom. The quantitative estimate of drug-likeness (QED) is 0.773. The van der Waals surface area contributed by atoms with Crippen LogP contribution in [0.4, 0.5) is 0 Å². The molecule has 1 aliphatic rings. The predicted molar refractivity (Wildman–Crippen MR) is 63.6 cm³/mol. The van der Waals surface area contributed by atoms with Crippen molar-refractivity contribution in [3.63, 3.8) is 0 Å². The number of carbonyl (C=O) groups excluding carboxylic acids is 1. The highest BCUT2D eigenvalue weighted by Gasteiger charge is 2.20. The largest absolute Gasteiger partial charge is 0.307 e. The lowest BCUT2D eigenvalue weighted by Crippen LogP contribution is -2.36. The maximum absolute atomic E-state index is 12.2. The minimum atomic E-state index is -0.00824. The molecule has 1 aliphatic heterocycles. The standard InChI is InChI=1S/C13H18N2O/c1-10-7-11(9-14-8-10)13(16)12-5-3-2-4-6-15-12/h7-9,12,15H,2-6H2,1H3. The van der Waals surface area contributed by atoms with Crippen LogP contribution in [-0.2, 0) is 0 Å². The Morgan fingerprint density at radius 2 is 2.25 bits per heavy atom. The van der Waals surface area contributed by atoms with Crippen molar-refractivity contribution < 1.29 is 4.79 Å². The summed E-state index contributed by atoms with van der Waals surface area (Å²) < 4.78 is 0. The van der Waals surface area contributed by atoms with E-state index >= 15 is 0 Å². The predicted octanol–water partition coefficient (Wildman–Crippen LogP) is 2.10. The van der Waals surface area contributed by atoms with Crippen LogP contribution in [0.25, 0.3) is 0 Å². The van der Waals surface area contributed by atoms with Gasteiger partial charge in [0.05, 0.1) is 6.04 Å². The van der Waals surface area contributed by atoms with E-state index in [0.29, 0.717) is 0 Å². The fraction of sp³-hybridized carbons (Fsp3) is 0.538. The van der Waals surface area contributed by atoms with Crippen LogP contribution in [0.1, 0.15) is 41.6 Å². The second kappa shape index (κ2) is 5.21. The summed E-state index contributed by atoms with van der Waals surface area (Å²) >= 11 is 0. The fourth-order valence-electron chi connectivity index (χ4n) is 2.14. The van der Waals surface area contributed by atoms with Gasteiger partial charge in [0, 0.05) is 18.0 Å². The molecular formula is C13H18N2O. The number of hydrogen-bond acceptors (Lipinski definition) is 3. The molecule has 0 aromatic carbocycles. The third-order valence-corrected chi connectivity index (χ3v) is 3.04. The summed E-state index contributed by atoms with van der Waals surface area (Å²) in [6.45, 7) is 2.92. The molecule has 3 heteroatoms. The average Bonchev–Trinajstić information content (AvgIpc) is 2.56. The summed E-state index contributed by atoms with van der Waals surface area (Å²) in [6, 6.07) is 1.91. The number of pyridine rings is 1. The Kier molecular flexibility index (Phi) is 3.67. The molecule has 0 amide bonds. The molecule has 1 aromatic rings. The third-order valence-electron chi connectivity index (χ3n) is 3.04. The van der Waals surface area contributed by atoms with Crippen LogP contribution in [0.15, 0.2) is 18.5 Å². The Labute approximate surface area is 96.3 Å². The molecule has 0 aliphatic carbocycles. The number of carbonyl (C=O) groups is 1. The van der Waals surface area contributed by atoms with Crippen molar-refractivity contribution >= 4 is 5.78 Å². The van der Waals surface area contributed by atoms with Crippen LogP contribution in [0.2, 0.25) is 0 Å². The number of nitrogens with one attached hydrogen (secondary N) is 1. The van der Waals surface area contributed by atoms with Crippen molar-refractivity contribution in [2.24, 2.45) is 0 Å². The molecule has 0 spiro atoms. The lowest BCUT2D eigenvalue weighted by atomic mass is 10.0. The van der Waals surface area contributed by atoms with Crippen LogP contribution < -0.4 is 5.32 Å². The summed E-state index contributed by atoms with van der Waals surface area (Å²) in [7, 11) is 0. The van der Waals surface area contributed by atoms with Gasteiger partial charge in [-0.1, -0.05) is 12.8 Å². The Hall–Kier alpha value is -1.22. The summed E-state index contributed by atoms with van der Waals surface area (Å²) in [6.07, 6.45) is 7.94. The zero-order valence-electron chi connectivity index (χ0n) is 9.70. The number of Topliss-reactive ketones (excluding diaryl/α,β-unsaturated/α-hetero) is 1. The van der Waals surface area contributed by atoms with Gasteiger partial charge in [-0.2, -0.15) is 0 Å². The van der Waals surface area contributed by atoms with Gasteiger partial charge in [0.2, 0.25) is 0 Å². The first-order chi connectivity index (χ1) is 7.77. The lowest BCUT2D eigenvalue weighted by molar-refractivity contribution is 0.0940. The van der Waals surface area contributed by atoms with Crippen molar-refractivity contribution in [1.29, 1.82) is 0 Å². The SMILES string of the molecule is Cc1cncc(C(=O)C2CCCCCN2)c1. The van der Waals surface area contributed by atoms with Crippen LogP contribution in [-0.4, -0.2) is 23.4 Å². The van der Waals surface area contributed by atoms with Crippen LogP contribution in [0.3, 0.4) is 0 Å². The van der Waals surface area contributed by atoms with Gasteiger partial charge in [-0.25, -0.2) is 0 Å². The highest BCUT2D eigenvalue weighted by atomic mass is 16.1. The molecule has 1 saturated heterocycles. The molecule has 16 heavy (non-hydrogen) atoms. The van der Waals surface area contributed by atoms with E-state index in [1.54, 1.807) is 12.4 Å². The van der Waals surface area contributed by atoms with Crippen molar-refractivity contribution in [2.75, 3.05) is 6.54 Å². The molecule has 2 rings (SSSR count). The van der Waals surface area contributed by atoms with Gasteiger partial charge in [-0.05, 0) is 37.9 Å². The lowest BCUT2D eigenvalue weighted by Gasteiger charge is -2.14. The van der Waals surface area contributed by atoms with Crippen molar-refractivity contribution in [2.45, 2.75) is 38.6 Å². The summed E-state index contributed by atoms with van der Waals surface area (Å²) in [5.41, 5.74) is 1.78. The number of hydrogen-bond donors (Lipinski definition) is 1. The van der Waals surface area contributed by atoms with E-state index in [2.05, 4.69) is 10.3 Å². The Bertz CT molecular complexity index is 368. The zero-order chi connectivity index (χ0) is 11.4. The molecule has 3 nitrogen and oxygen atoms in total. The summed E-state index contributed by atoms with van der Waals surface area (Å²) in [5, 5.41) is 3.32. The second-order valence-corrected chi connectivity index (χ2v) is 4.47. The highest BCUT2D eigenvalue weighted by molar-refractivity contribution is 6.00. The van der Waals surface area contributed by atoms with Gasteiger partial charge >= 0.3 is 0 Å². The van der Waals surface area contributed by atoms with E-state index in [1.165, 1.54) is 12.8 Å². The first kappa shape index (κ1) is 11.3. The molecule has 1 atom stereocenters. The van der Waals surface area contributed by atoms with Crippen molar-refractivity contribution in [3.05, 3.63) is 29.6 Å². The average molecular weight is 218 g/mol. The van der Waals surface area contributed by atoms with Crippen molar-refractivity contribution in [1.82, 2.24) is 10.3 Å². The van der Waals surface area contributed by atoms with Gasteiger partial charge < -0.3 is 5.32 Å². The van der Waals surface area contributed by atoms with E-state index in [9.17, 15) is 4.79 Å². The Morgan fingerprint density at radius 3 is 3.06 bits per heavy atom. The normalized spacial score (nSPS) is 21.4. The second-order valence-electron chi connectivity index (χ2n) is 4.47. The van der Waals surface area contributed by atoms with Gasteiger partial charge in [0.25, 0.3) is 0 Å². The number of aryl methyl sites for hydroxylation is 1. The van der Waals surface area contributed by atoms with Gasteiger partial charge in [0.15, 0.2) is 5.78 Å². The fourth-order valence-corrected chi connectivity index (χ4v) is 2.14. The molecule has 2 heterocycles. The number of rotatable bonds is 2. The van der Waals surface area contributed by atoms with Crippen LogP contribution in [0, 0.1) is 6.92 Å². The monoisotopic (exact) mass is 218 g/mol. The van der Waals surface area contributed by atoms with Crippen molar-refractivity contribution in [3.8, 4) is 0 Å². The van der Waals surface area contributed by atoms with E-state index in [4.69, 9.17) is 0 Å². The summed E-state index contributed by atoms with van der Waals surface area (Å²) in [5.74, 6) is 0.193. The van der Waals surface area contributed by atoms with E-state index in [1.807, 2.05) is 13.0 Å². The number of aromatic nitrogens is 1. The number of nitrogens with zero attached hydrogens (tertiary/aromatic N) is 1. The van der Waals surface area contributed by atoms with Gasteiger partial charge in [-0.15, -0.1) is 0 Å². The molecule has 0 saturated carbocycles. The van der Waals surface area contributed by atoms with E-state index in [-0.39, 0.29) is 11.8 Å². The molecule has 0 bridgehead atoms. The van der Waals surface area contributed by atoms with Crippen LogP contribution in [0.5, 0.6) is 0 Å². The van der Waals surface area contributed by atoms with E-state index < -0.39 is 0 Å². The number of ketones is 1. The zero-order valence-corrected chi connectivity index (χ0v) is 9.70. The Balaban J connectivity index is 2.11. The molecule has 1 fully saturated rings. The smallest absolute Gasteiger partial charge is 0.181 e. The minimum absolute atomic E-state index is 0.00824. The molecule has 1 N–H and O–H groups in total. The highest BCUT2D eigenvalue weighted by Crippen LogP contribution is 2.13. The molecular weight excluding hydrogens is 200 g/mol. The molecule has 1 unspecified atom stereocenters. The first-order valence-electron chi connectivity index (χ1n) is 5.96. The third kappa shape index (κ3) is 2.67. The van der Waals surface area contributed by atoms with E-state index in [0.717, 1.165) is 30.5 Å². The topological polar surface area (TPSA) is 42.0 Å². The minimum Gasteiger partial charge on any atom is -0.307 e. The van der Waals surface area contributed by atoms with Crippen LogP contribution >= 0.6 is 0 Å². The maximum Gasteiger partial charge on any atom is 0.181 e. The molecule has 86 valence electrons.